The summed E-state index contributed by atoms with van der Waals surface area (Å²) in [6.07, 6.45) is 2.70. The van der Waals surface area contributed by atoms with Crippen molar-refractivity contribution in [2.24, 2.45) is 0 Å². The first-order valence-electron chi connectivity index (χ1n) is 5.82. The zero-order valence-electron chi connectivity index (χ0n) is 11.0. The first-order valence-corrected chi connectivity index (χ1v) is 6.20. The van der Waals surface area contributed by atoms with Gasteiger partial charge in [-0.1, -0.05) is 17.7 Å². The summed E-state index contributed by atoms with van der Waals surface area (Å²) >= 11 is 5.71. The molecule has 0 spiro atoms. The Labute approximate surface area is 117 Å². The fourth-order valence-electron chi connectivity index (χ4n) is 1.54. The summed E-state index contributed by atoms with van der Waals surface area (Å²) in [6.45, 7) is 3.84. The summed E-state index contributed by atoms with van der Waals surface area (Å²) in [4.78, 5) is 15.9. The molecule has 0 unspecified atom stereocenters. The van der Waals surface area contributed by atoms with Crippen molar-refractivity contribution in [2.75, 3.05) is 20.1 Å². The highest BCUT2D eigenvalue weighted by molar-refractivity contribution is 6.29. The number of halogens is 1. The van der Waals surface area contributed by atoms with Gasteiger partial charge in [0.05, 0.1) is 10.6 Å². The highest BCUT2D eigenvalue weighted by atomic mass is 35.5. The normalized spacial score (nSPS) is 11.7. The average molecular weight is 285 g/mol. The van der Waals surface area contributed by atoms with E-state index in [-0.39, 0.29) is 0 Å². The van der Waals surface area contributed by atoms with Gasteiger partial charge in [0.1, 0.15) is 5.15 Å². The molecule has 1 N–H and O–H groups in total. The average Bonchev–Trinajstić information content (AvgIpc) is 2.31. The molecule has 0 radical (unpaired) electrons. The smallest absolute Gasteiger partial charge is 0.252 e. The van der Waals surface area contributed by atoms with Crippen LogP contribution in [0.15, 0.2) is 30.2 Å². The molecule has 0 aromatic carbocycles. The van der Waals surface area contributed by atoms with Crippen LogP contribution in [0.25, 0.3) is 0 Å². The largest absolute Gasteiger partial charge is 0.382 e. The van der Waals surface area contributed by atoms with Gasteiger partial charge in [-0.15, -0.1) is 0 Å². The van der Waals surface area contributed by atoms with Crippen LogP contribution in [0.3, 0.4) is 0 Å². The Morgan fingerprint density at radius 1 is 1.63 bits per heavy atom. The summed E-state index contributed by atoms with van der Waals surface area (Å²) in [5, 5.41) is 13.7. The molecule has 1 rings (SSSR count). The van der Waals surface area contributed by atoms with E-state index >= 15 is 0 Å². The number of likely N-dealkylation sites (N-methyl/N-ethyl adjacent to an activating group) is 1. The highest BCUT2D eigenvalue weighted by Crippen LogP contribution is 2.06. The molecule has 0 saturated heterocycles. The lowest BCUT2D eigenvalue weighted by Gasteiger charge is -2.17. The van der Waals surface area contributed by atoms with Crippen LogP contribution in [0, 0.1) is 10.1 Å². The van der Waals surface area contributed by atoms with Gasteiger partial charge in [-0.2, -0.15) is 0 Å². The topological polar surface area (TPSA) is 71.3 Å². The number of allylic oxidation sites excluding steroid dienone is 1. The molecule has 0 bridgehead atoms. The quantitative estimate of drug-likeness (QED) is 0.470. The van der Waals surface area contributed by atoms with Crippen LogP contribution < -0.4 is 5.32 Å². The summed E-state index contributed by atoms with van der Waals surface area (Å²) in [5.74, 6) is 0. The van der Waals surface area contributed by atoms with Crippen LogP contribution in [0.2, 0.25) is 5.15 Å². The molecule has 1 heterocycles. The second-order valence-electron chi connectivity index (χ2n) is 4.25. The Bertz CT molecular complexity index is 448. The molecule has 6 nitrogen and oxygen atoms in total. The lowest BCUT2D eigenvalue weighted by molar-refractivity contribution is -0.403. The van der Waals surface area contributed by atoms with Crippen molar-refractivity contribution in [2.45, 2.75) is 13.5 Å². The number of aromatic nitrogens is 1. The number of nitrogens with one attached hydrogen (secondary N) is 1. The lowest BCUT2D eigenvalue weighted by Crippen LogP contribution is -2.28. The van der Waals surface area contributed by atoms with E-state index in [1.54, 1.807) is 19.2 Å². The maximum Gasteiger partial charge on any atom is 0.252 e. The summed E-state index contributed by atoms with van der Waals surface area (Å²) < 4.78 is 0. The predicted molar refractivity (Wildman–Crippen MR) is 74.3 cm³/mol. The molecule has 1 aromatic heterocycles. The van der Waals surface area contributed by atoms with E-state index in [1.807, 2.05) is 13.1 Å². The highest BCUT2D eigenvalue weighted by Gasteiger charge is 2.01. The van der Waals surface area contributed by atoms with Gasteiger partial charge in [0.2, 0.25) is 0 Å². The molecule has 0 fully saturated rings. The number of pyridine rings is 1. The molecule has 7 heteroatoms. The van der Waals surface area contributed by atoms with E-state index in [9.17, 15) is 10.1 Å². The van der Waals surface area contributed by atoms with Crippen molar-refractivity contribution in [1.82, 2.24) is 15.2 Å². The van der Waals surface area contributed by atoms with Crippen molar-refractivity contribution in [3.8, 4) is 0 Å². The third kappa shape index (κ3) is 6.73. The zero-order chi connectivity index (χ0) is 14.3. The van der Waals surface area contributed by atoms with Gasteiger partial charge in [-0.05, 0) is 25.6 Å². The van der Waals surface area contributed by atoms with Gasteiger partial charge in [-0.3, -0.25) is 10.1 Å². The van der Waals surface area contributed by atoms with Crippen molar-refractivity contribution < 1.29 is 4.92 Å². The van der Waals surface area contributed by atoms with Crippen LogP contribution in [0.1, 0.15) is 12.5 Å². The monoisotopic (exact) mass is 284 g/mol. The molecule has 0 atom stereocenters. The Balaban J connectivity index is 2.30. The molecular formula is C12H17ClN4O2. The summed E-state index contributed by atoms with van der Waals surface area (Å²) in [5.41, 5.74) is 1.62. The van der Waals surface area contributed by atoms with E-state index in [2.05, 4.69) is 15.2 Å². The van der Waals surface area contributed by atoms with Gasteiger partial charge in [-0.25, -0.2) is 4.98 Å². The minimum absolute atomic E-state index is 0.467. The van der Waals surface area contributed by atoms with Gasteiger partial charge in [0.25, 0.3) is 6.20 Å². The Morgan fingerprint density at radius 3 is 2.95 bits per heavy atom. The van der Waals surface area contributed by atoms with E-state index in [0.717, 1.165) is 24.9 Å². The molecule has 104 valence electrons. The second-order valence-corrected chi connectivity index (χ2v) is 4.64. The first-order chi connectivity index (χ1) is 8.97. The molecule has 0 saturated carbocycles. The van der Waals surface area contributed by atoms with Crippen molar-refractivity contribution in [1.29, 1.82) is 0 Å². The van der Waals surface area contributed by atoms with Crippen molar-refractivity contribution in [3.05, 3.63) is 51.1 Å². The van der Waals surface area contributed by atoms with Crippen LogP contribution >= 0.6 is 11.6 Å². The fraction of sp³-hybridized carbons (Fsp3) is 0.417. The lowest BCUT2D eigenvalue weighted by atomic mass is 10.3. The van der Waals surface area contributed by atoms with E-state index in [1.165, 1.54) is 0 Å². The van der Waals surface area contributed by atoms with Crippen LogP contribution in [0.5, 0.6) is 0 Å². The number of hydrogen-bond donors (Lipinski definition) is 1. The van der Waals surface area contributed by atoms with E-state index in [4.69, 9.17) is 11.6 Å². The van der Waals surface area contributed by atoms with E-state index < -0.39 is 4.92 Å². The molecule has 19 heavy (non-hydrogen) atoms. The van der Waals surface area contributed by atoms with Crippen molar-refractivity contribution >= 4 is 11.6 Å². The molecule has 0 aliphatic carbocycles. The molecule has 1 aromatic rings. The molecular weight excluding hydrogens is 268 g/mol. The molecule has 0 aliphatic heterocycles. The SMILES string of the molecule is C/C(=C\[N+](=O)[O-])NCCN(C)Cc1ccc(Cl)nc1. The van der Waals surface area contributed by atoms with Gasteiger partial charge >= 0.3 is 0 Å². The number of rotatable bonds is 7. The van der Waals surface area contributed by atoms with Gasteiger partial charge in [0.15, 0.2) is 0 Å². The molecule has 0 aliphatic rings. The first kappa shape index (κ1) is 15.4. The standard InChI is InChI=1S/C12H17ClN4O2/c1-10(8-17(18)19)14-5-6-16(2)9-11-3-4-12(13)15-7-11/h3-4,7-8,14H,5-6,9H2,1-2H3/b10-8+. The van der Waals surface area contributed by atoms with Crippen LogP contribution in [0.4, 0.5) is 0 Å². The maximum atomic E-state index is 10.2. The van der Waals surface area contributed by atoms with E-state index in [0.29, 0.717) is 17.4 Å². The maximum absolute atomic E-state index is 10.2. The third-order valence-electron chi connectivity index (χ3n) is 2.44. The second kappa shape index (κ2) is 7.70. The predicted octanol–water partition coefficient (Wildman–Crippen LogP) is 1.89. The Hall–Kier alpha value is -1.66. The number of nitrogens with zero attached hydrogens (tertiary/aromatic N) is 3. The third-order valence-corrected chi connectivity index (χ3v) is 2.66. The van der Waals surface area contributed by atoms with Gasteiger partial charge < -0.3 is 10.2 Å². The fourth-order valence-corrected chi connectivity index (χ4v) is 1.65. The number of nitro groups is 1. The van der Waals surface area contributed by atoms with Gasteiger partial charge in [0, 0.05) is 25.8 Å². The van der Waals surface area contributed by atoms with Crippen molar-refractivity contribution in [3.63, 3.8) is 0 Å². The zero-order valence-corrected chi connectivity index (χ0v) is 11.7. The summed E-state index contributed by atoms with van der Waals surface area (Å²) in [6, 6.07) is 3.68. The minimum atomic E-state index is -0.467. The Kier molecular flexibility index (Phi) is 6.24. The van der Waals surface area contributed by atoms with Crippen LogP contribution in [-0.2, 0) is 6.54 Å². The minimum Gasteiger partial charge on any atom is -0.382 e. The number of hydrogen-bond acceptors (Lipinski definition) is 5. The molecule has 0 amide bonds. The summed E-state index contributed by atoms with van der Waals surface area (Å²) in [7, 11) is 1.98. The Morgan fingerprint density at radius 2 is 2.37 bits per heavy atom. The van der Waals surface area contributed by atoms with Crippen LogP contribution in [-0.4, -0.2) is 34.9 Å².